The number of benzene rings is 1. The number of rotatable bonds is 7. The lowest BCUT2D eigenvalue weighted by molar-refractivity contribution is -0.394. The van der Waals surface area contributed by atoms with Crippen molar-refractivity contribution in [2.75, 3.05) is 0 Å². The van der Waals surface area contributed by atoms with Gasteiger partial charge in [-0.1, -0.05) is 23.2 Å². The van der Waals surface area contributed by atoms with Crippen molar-refractivity contribution in [3.05, 3.63) is 52.5 Å². The van der Waals surface area contributed by atoms with Crippen LogP contribution in [0.25, 0.3) is 10.9 Å². The molecule has 2 aromatic heterocycles. The van der Waals surface area contributed by atoms with E-state index < -0.39 is 10.9 Å². The van der Waals surface area contributed by atoms with Crippen molar-refractivity contribution in [2.24, 2.45) is 5.10 Å². The number of amides is 1. The van der Waals surface area contributed by atoms with Gasteiger partial charge >= 0.3 is 5.95 Å². The van der Waals surface area contributed by atoms with E-state index in [1.165, 1.54) is 11.0 Å². The quantitative estimate of drug-likeness (QED) is 0.379. The van der Waals surface area contributed by atoms with Crippen LogP contribution >= 0.6 is 0 Å². The molecule has 0 saturated heterocycles. The number of carbonyl (C=O) groups excluding carboxylic acids is 1. The lowest BCUT2D eigenvalue weighted by atomic mass is 10.1. The first-order chi connectivity index (χ1) is 12.5. The molecule has 134 valence electrons. The van der Waals surface area contributed by atoms with Gasteiger partial charge in [-0.05, 0) is 29.9 Å². The number of nitro groups is 1. The molecule has 10 heteroatoms. The second-order valence-corrected chi connectivity index (χ2v) is 5.74. The van der Waals surface area contributed by atoms with E-state index in [0.717, 1.165) is 16.5 Å². The molecular formula is C16H17N7O3. The molecule has 1 aromatic carbocycles. The van der Waals surface area contributed by atoms with Crippen LogP contribution in [0.1, 0.15) is 18.9 Å². The van der Waals surface area contributed by atoms with E-state index in [9.17, 15) is 14.9 Å². The second kappa shape index (κ2) is 7.55. The molecule has 0 fully saturated rings. The molecular weight excluding hydrogens is 338 g/mol. The Bertz CT molecular complexity index is 973. The molecule has 0 aliphatic carbocycles. The Kier molecular flexibility index (Phi) is 5.02. The van der Waals surface area contributed by atoms with Gasteiger partial charge in [-0.25, -0.2) is 5.43 Å². The predicted molar refractivity (Wildman–Crippen MR) is 94.5 cm³/mol. The molecule has 0 aliphatic rings. The lowest BCUT2D eigenvalue weighted by Crippen LogP contribution is -2.21. The summed E-state index contributed by atoms with van der Waals surface area (Å²) < 4.78 is 1.29. The molecule has 26 heavy (non-hydrogen) atoms. The van der Waals surface area contributed by atoms with Crippen LogP contribution in [0.3, 0.4) is 0 Å². The zero-order valence-electron chi connectivity index (χ0n) is 14.0. The zero-order chi connectivity index (χ0) is 18.5. The van der Waals surface area contributed by atoms with Gasteiger partial charge in [-0.3, -0.25) is 4.79 Å². The first kappa shape index (κ1) is 17.3. The van der Waals surface area contributed by atoms with Crippen molar-refractivity contribution < 1.29 is 9.72 Å². The molecule has 0 spiro atoms. The molecule has 1 amide bonds. The van der Waals surface area contributed by atoms with Crippen molar-refractivity contribution in [1.29, 1.82) is 0 Å². The normalized spacial score (nSPS) is 11.7. The van der Waals surface area contributed by atoms with E-state index >= 15 is 0 Å². The summed E-state index contributed by atoms with van der Waals surface area (Å²) in [5.74, 6) is -0.681. The van der Waals surface area contributed by atoms with E-state index in [4.69, 9.17) is 0 Å². The van der Waals surface area contributed by atoms with Gasteiger partial charge < -0.3 is 15.1 Å². The third-order valence-corrected chi connectivity index (χ3v) is 3.75. The zero-order valence-corrected chi connectivity index (χ0v) is 14.0. The Morgan fingerprint density at radius 3 is 3.00 bits per heavy atom. The fraction of sp³-hybridized carbons (Fsp3) is 0.250. The van der Waals surface area contributed by atoms with Crippen molar-refractivity contribution >= 4 is 28.5 Å². The molecule has 2 heterocycles. The summed E-state index contributed by atoms with van der Waals surface area (Å²) in [4.78, 5) is 28.6. The molecule has 0 aliphatic heterocycles. The number of aromatic nitrogens is 4. The Morgan fingerprint density at radius 2 is 2.23 bits per heavy atom. The minimum atomic E-state index is -0.671. The van der Waals surface area contributed by atoms with Gasteiger partial charge in [0.25, 0.3) is 0 Å². The molecule has 0 atom stereocenters. The van der Waals surface area contributed by atoms with E-state index in [1.54, 1.807) is 6.92 Å². The van der Waals surface area contributed by atoms with Crippen LogP contribution in [0.5, 0.6) is 0 Å². The van der Waals surface area contributed by atoms with E-state index in [2.05, 4.69) is 25.6 Å². The average molecular weight is 355 g/mol. The molecule has 2 N–H and O–H groups in total. The summed E-state index contributed by atoms with van der Waals surface area (Å²) >= 11 is 0. The number of hydrazone groups is 1. The van der Waals surface area contributed by atoms with Crippen LogP contribution in [0.2, 0.25) is 0 Å². The SMILES string of the molecule is C/C(Cn1cnc([N+](=O)[O-])n1)=N\NC(=O)CCc1c[nH]c2ccccc12. The maximum absolute atomic E-state index is 12.0. The fourth-order valence-electron chi connectivity index (χ4n) is 2.51. The molecule has 0 radical (unpaired) electrons. The maximum atomic E-state index is 12.0. The highest BCUT2D eigenvalue weighted by Gasteiger charge is 2.13. The monoisotopic (exact) mass is 355 g/mol. The summed E-state index contributed by atoms with van der Waals surface area (Å²) in [5, 5.41) is 19.3. The minimum Gasteiger partial charge on any atom is -0.390 e. The fourth-order valence-corrected chi connectivity index (χ4v) is 2.51. The number of carbonyl (C=O) groups is 1. The van der Waals surface area contributed by atoms with Crippen molar-refractivity contribution in [1.82, 2.24) is 25.2 Å². The largest absolute Gasteiger partial charge is 0.490 e. The molecule has 3 rings (SSSR count). The van der Waals surface area contributed by atoms with Gasteiger partial charge in [0.2, 0.25) is 12.2 Å². The predicted octanol–water partition coefficient (Wildman–Crippen LogP) is 1.79. The maximum Gasteiger partial charge on any atom is 0.490 e. The van der Waals surface area contributed by atoms with Crippen LogP contribution < -0.4 is 5.43 Å². The highest BCUT2D eigenvalue weighted by Crippen LogP contribution is 2.18. The number of para-hydroxylation sites is 1. The third kappa shape index (κ3) is 4.09. The number of aromatic amines is 1. The number of fused-ring (bicyclic) bond motifs is 1. The van der Waals surface area contributed by atoms with Crippen LogP contribution in [0.4, 0.5) is 5.95 Å². The summed E-state index contributed by atoms with van der Waals surface area (Å²) in [5.41, 5.74) is 5.15. The Morgan fingerprint density at radius 1 is 1.42 bits per heavy atom. The van der Waals surface area contributed by atoms with Crippen LogP contribution in [-0.4, -0.2) is 36.3 Å². The van der Waals surface area contributed by atoms with E-state index in [0.29, 0.717) is 18.6 Å². The number of H-pyrrole nitrogens is 1. The van der Waals surface area contributed by atoms with Crippen molar-refractivity contribution in [3.63, 3.8) is 0 Å². The summed E-state index contributed by atoms with van der Waals surface area (Å²) in [7, 11) is 0. The van der Waals surface area contributed by atoms with Gasteiger partial charge in [0, 0.05) is 28.6 Å². The second-order valence-electron chi connectivity index (χ2n) is 5.74. The number of nitrogens with zero attached hydrogens (tertiary/aromatic N) is 5. The number of nitrogens with one attached hydrogen (secondary N) is 2. The van der Waals surface area contributed by atoms with Gasteiger partial charge in [0.15, 0.2) is 0 Å². The summed E-state index contributed by atoms with van der Waals surface area (Å²) in [6.45, 7) is 1.89. The Hall–Kier alpha value is -3.56. The first-order valence-electron chi connectivity index (χ1n) is 7.94. The molecule has 0 saturated carbocycles. The first-order valence-corrected chi connectivity index (χ1v) is 7.94. The van der Waals surface area contributed by atoms with Gasteiger partial charge in [-0.2, -0.15) is 9.78 Å². The Labute approximate surface area is 148 Å². The van der Waals surface area contributed by atoms with E-state index in [-0.39, 0.29) is 12.5 Å². The van der Waals surface area contributed by atoms with Crippen LogP contribution in [0, 0.1) is 10.1 Å². The third-order valence-electron chi connectivity index (χ3n) is 3.75. The standard InChI is InChI=1S/C16H17N7O3/c1-11(9-22-10-18-16(21-22)23(25)26)19-20-15(24)7-6-12-8-17-14-5-3-2-4-13(12)14/h2-5,8,10,17H,6-7,9H2,1H3,(H,20,24)/b19-11+. The number of hydrogen-bond acceptors (Lipinski definition) is 6. The average Bonchev–Trinajstić information content (AvgIpc) is 3.25. The highest BCUT2D eigenvalue weighted by molar-refractivity contribution is 5.85. The van der Waals surface area contributed by atoms with Crippen LogP contribution in [0.15, 0.2) is 41.9 Å². The van der Waals surface area contributed by atoms with Gasteiger partial charge in [0.05, 0.1) is 12.3 Å². The topological polar surface area (TPSA) is 131 Å². The van der Waals surface area contributed by atoms with Crippen molar-refractivity contribution in [3.8, 4) is 0 Å². The number of aryl methyl sites for hydroxylation is 1. The molecule has 10 nitrogen and oxygen atoms in total. The smallest absolute Gasteiger partial charge is 0.390 e. The van der Waals surface area contributed by atoms with Gasteiger partial charge in [0.1, 0.15) is 0 Å². The summed E-state index contributed by atoms with van der Waals surface area (Å²) in [6, 6.07) is 7.91. The van der Waals surface area contributed by atoms with Crippen LogP contribution in [-0.2, 0) is 17.8 Å². The van der Waals surface area contributed by atoms with E-state index in [1.807, 2.05) is 30.5 Å². The summed E-state index contributed by atoms with van der Waals surface area (Å²) in [6.07, 6.45) is 4.05. The molecule has 3 aromatic rings. The highest BCUT2D eigenvalue weighted by atomic mass is 16.6. The van der Waals surface area contributed by atoms with Crippen molar-refractivity contribution in [2.45, 2.75) is 26.3 Å². The Balaban J connectivity index is 1.51. The number of hydrogen-bond donors (Lipinski definition) is 2. The van der Waals surface area contributed by atoms with Gasteiger partial charge in [-0.15, -0.1) is 0 Å². The lowest BCUT2D eigenvalue weighted by Gasteiger charge is -2.02. The molecule has 0 unspecified atom stereocenters. The minimum absolute atomic E-state index is 0.198. The molecule has 0 bridgehead atoms.